The summed E-state index contributed by atoms with van der Waals surface area (Å²) in [6.07, 6.45) is 6.26. The van der Waals surface area contributed by atoms with Crippen molar-refractivity contribution < 1.29 is 4.79 Å². The lowest BCUT2D eigenvalue weighted by molar-refractivity contribution is 0.0636. The molecule has 2 aliphatic rings. The lowest BCUT2D eigenvalue weighted by Gasteiger charge is -2.33. The number of benzene rings is 1. The predicted molar refractivity (Wildman–Crippen MR) is 93.3 cm³/mol. The van der Waals surface area contributed by atoms with Crippen molar-refractivity contribution in [2.24, 2.45) is 0 Å². The van der Waals surface area contributed by atoms with Crippen molar-refractivity contribution in [3.05, 3.63) is 39.9 Å². The van der Waals surface area contributed by atoms with Gasteiger partial charge in [-0.25, -0.2) is 4.98 Å². The number of carbonyl (C=O) groups is 1. The molecule has 1 aromatic carbocycles. The Hall–Kier alpha value is -2.17. The van der Waals surface area contributed by atoms with Crippen LogP contribution >= 0.6 is 0 Å². The molecule has 126 valence electrons. The predicted octanol–water partition coefficient (Wildman–Crippen LogP) is 2.75. The van der Waals surface area contributed by atoms with Crippen molar-refractivity contribution in [3.8, 4) is 0 Å². The highest BCUT2D eigenvalue weighted by atomic mass is 16.2. The number of aryl methyl sites for hydroxylation is 1. The molecular weight excluding hydrogens is 302 g/mol. The average Bonchev–Trinajstić information content (AvgIpc) is 2.61. The zero-order chi connectivity index (χ0) is 16.7. The first-order valence-corrected chi connectivity index (χ1v) is 8.99. The van der Waals surface area contributed by atoms with Crippen molar-refractivity contribution in [2.45, 2.75) is 58.0 Å². The highest BCUT2D eigenvalue weighted by Gasteiger charge is 2.25. The van der Waals surface area contributed by atoms with E-state index in [0.29, 0.717) is 16.5 Å². The minimum absolute atomic E-state index is 0.0278. The number of nitrogens with zero attached hydrogens (tertiary/aromatic N) is 3. The molecule has 5 nitrogen and oxygen atoms in total. The molecule has 3 heterocycles. The van der Waals surface area contributed by atoms with Crippen molar-refractivity contribution in [1.29, 1.82) is 0 Å². The number of hydrogen-bond donors (Lipinski definition) is 0. The Labute approximate surface area is 141 Å². The largest absolute Gasteiger partial charge is 0.336 e. The van der Waals surface area contributed by atoms with Gasteiger partial charge in [-0.1, -0.05) is 0 Å². The molecule has 1 aromatic heterocycles. The summed E-state index contributed by atoms with van der Waals surface area (Å²) in [5.74, 6) is 0.915. The number of fused-ring (bicyclic) bond motifs is 2. The van der Waals surface area contributed by atoms with E-state index in [4.69, 9.17) is 0 Å². The average molecular weight is 325 g/mol. The van der Waals surface area contributed by atoms with Crippen LogP contribution in [0, 0.1) is 0 Å². The third-order valence-electron chi connectivity index (χ3n) is 5.38. The van der Waals surface area contributed by atoms with Crippen LogP contribution in [0.1, 0.15) is 55.2 Å². The maximum atomic E-state index is 12.8. The number of piperidine rings is 1. The van der Waals surface area contributed by atoms with Crippen LogP contribution in [0.15, 0.2) is 23.0 Å². The van der Waals surface area contributed by atoms with Gasteiger partial charge in [0.1, 0.15) is 5.82 Å². The van der Waals surface area contributed by atoms with E-state index in [9.17, 15) is 9.59 Å². The second kappa shape index (κ2) is 6.04. The summed E-state index contributed by atoms with van der Waals surface area (Å²) >= 11 is 0. The minimum Gasteiger partial charge on any atom is -0.336 e. The van der Waals surface area contributed by atoms with Gasteiger partial charge in [-0.15, -0.1) is 0 Å². The summed E-state index contributed by atoms with van der Waals surface area (Å²) in [4.78, 5) is 32.1. The first-order chi connectivity index (χ1) is 11.6. The number of amides is 1. The summed E-state index contributed by atoms with van der Waals surface area (Å²) < 4.78 is 1.79. The summed E-state index contributed by atoms with van der Waals surface area (Å²) in [5.41, 5.74) is 1.33. The van der Waals surface area contributed by atoms with Gasteiger partial charge in [-0.2, -0.15) is 0 Å². The lowest BCUT2D eigenvalue weighted by Crippen LogP contribution is -2.42. The lowest BCUT2D eigenvalue weighted by atomic mass is 10.0. The summed E-state index contributed by atoms with van der Waals surface area (Å²) in [6.45, 7) is 3.68. The van der Waals surface area contributed by atoms with E-state index in [2.05, 4.69) is 11.9 Å². The van der Waals surface area contributed by atoms with Crippen LogP contribution in [0.4, 0.5) is 0 Å². The number of likely N-dealkylation sites (tertiary alicyclic amines) is 1. The first-order valence-electron chi connectivity index (χ1n) is 8.99. The molecule has 0 bridgehead atoms. The fourth-order valence-electron chi connectivity index (χ4n) is 3.94. The number of hydrogen-bond acceptors (Lipinski definition) is 3. The maximum Gasteiger partial charge on any atom is 0.261 e. The number of carbonyl (C=O) groups excluding carboxylic acids is 1. The number of aromatic nitrogens is 2. The molecule has 0 saturated carbocycles. The van der Waals surface area contributed by atoms with Gasteiger partial charge in [0.15, 0.2) is 0 Å². The molecule has 2 aromatic rings. The van der Waals surface area contributed by atoms with Gasteiger partial charge < -0.3 is 4.90 Å². The third kappa shape index (κ3) is 2.52. The molecule has 0 radical (unpaired) electrons. The molecule has 4 rings (SSSR count). The molecule has 0 aliphatic carbocycles. The van der Waals surface area contributed by atoms with Gasteiger partial charge in [-0.3, -0.25) is 14.2 Å². The summed E-state index contributed by atoms with van der Waals surface area (Å²) in [7, 11) is 0. The van der Waals surface area contributed by atoms with E-state index in [1.54, 1.807) is 22.8 Å². The third-order valence-corrected chi connectivity index (χ3v) is 5.38. The Morgan fingerprint density at radius 1 is 1.17 bits per heavy atom. The zero-order valence-corrected chi connectivity index (χ0v) is 14.1. The molecule has 1 saturated heterocycles. The standard InChI is InChI=1S/C19H23N3O2/c1-13-6-2-4-10-21(13)18(23)14-8-9-15-16(12-14)20-17-7-3-5-11-22(17)19(15)24/h8-9,12-13H,2-7,10-11H2,1H3/t13-/m0/s1. The monoisotopic (exact) mass is 325 g/mol. The highest BCUT2D eigenvalue weighted by molar-refractivity contribution is 5.97. The fraction of sp³-hybridized carbons (Fsp3) is 0.526. The van der Waals surface area contributed by atoms with E-state index in [1.165, 1.54) is 6.42 Å². The van der Waals surface area contributed by atoms with Crippen molar-refractivity contribution >= 4 is 16.8 Å². The van der Waals surface area contributed by atoms with E-state index < -0.39 is 0 Å². The van der Waals surface area contributed by atoms with E-state index >= 15 is 0 Å². The fourth-order valence-corrected chi connectivity index (χ4v) is 3.94. The van der Waals surface area contributed by atoms with Gasteiger partial charge in [0, 0.05) is 31.1 Å². The molecule has 2 aliphatic heterocycles. The molecule has 24 heavy (non-hydrogen) atoms. The van der Waals surface area contributed by atoms with E-state index in [0.717, 1.165) is 51.0 Å². The summed E-state index contributed by atoms with van der Waals surface area (Å²) in [5, 5.41) is 0.615. The first kappa shape index (κ1) is 15.4. The maximum absolute atomic E-state index is 12.8. The summed E-state index contributed by atoms with van der Waals surface area (Å²) in [6, 6.07) is 5.64. The Bertz CT molecular complexity index is 856. The van der Waals surface area contributed by atoms with Gasteiger partial charge in [0.25, 0.3) is 11.5 Å². The van der Waals surface area contributed by atoms with Crippen LogP contribution < -0.4 is 5.56 Å². The molecule has 1 fully saturated rings. The molecule has 0 unspecified atom stereocenters. The Morgan fingerprint density at radius 2 is 2.00 bits per heavy atom. The molecule has 0 N–H and O–H groups in total. The van der Waals surface area contributed by atoms with Crippen LogP contribution in [-0.2, 0) is 13.0 Å². The van der Waals surface area contributed by atoms with Crippen LogP contribution in [0.3, 0.4) is 0 Å². The quantitative estimate of drug-likeness (QED) is 0.810. The van der Waals surface area contributed by atoms with Crippen molar-refractivity contribution in [2.75, 3.05) is 6.54 Å². The van der Waals surface area contributed by atoms with Crippen LogP contribution in [0.5, 0.6) is 0 Å². The second-order valence-electron chi connectivity index (χ2n) is 7.02. The van der Waals surface area contributed by atoms with Gasteiger partial charge in [0.05, 0.1) is 10.9 Å². The van der Waals surface area contributed by atoms with Crippen molar-refractivity contribution in [1.82, 2.24) is 14.5 Å². The van der Waals surface area contributed by atoms with Gasteiger partial charge >= 0.3 is 0 Å². The molecule has 1 atom stereocenters. The van der Waals surface area contributed by atoms with Crippen LogP contribution in [-0.4, -0.2) is 32.9 Å². The van der Waals surface area contributed by atoms with Crippen LogP contribution in [0.25, 0.3) is 10.9 Å². The van der Waals surface area contributed by atoms with Crippen molar-refractivity contribution in [3.63, 3.8) is 0 Å². The SMILES string of the molecule is C[C@H]1CCCCN1C(=O)c1ccc2c(=O)n3c(nc2c1)CCCC3. The Balaban J connectivity index is 1.75. The minimum atomic E-state index is 0.0278. The molecule has 0 spiro atoms. The van der Waals surface area contributed by atoms with Gasteiger partial charge in [0.2, 0.25) is 0 Å². The smallest absolute Gasteiger partial charge is 0.261 e. The second-order valence-corrected chi connectivity index (χ2v) is 7.02. The normalized spacial score (nSPS) is 20.9. The number of rotatable bonds is 1. The van der Waals surface area contributed by atoms with Gasteiger partial charge in [-0.05, 0) is 57.2 Å². The Morgan fingerprint density at radius 3 is 2.83 bits per heavy atom. The molecular formula is C19H23N3O2. The topological polar surface area (TPSA) is 55.2 Å². The Kier molecular flexibility index (Phi) is 3.87. The van der Waals surface area contributed by atoms with Crippen LogP contribution in [0.2, 0.25) is 0 Å². The molecule has 5 heteroatoms. The highest BCUT2D eigenvalue weighted by Crippen LogP contribution is 2.21. The molecule has 1 amide bonds. The zero-order valence-electron chi connectivity index (χ0n) is 14.1. The van der Waals surface area contributed by atoms with E-state index in [-0.39, 0.29) is 17.5 Å². The van der Waals surface area contributed by atoms with E-state index in [1.807, 2.05) is 4.90 Å².